The number of urea groups is 1. The van der Waals surface area contributed by atoms with Gasteiger partial charge >= 0.3 is 12.2 Å². The molecule has 2 aliphatic rings. The Morgan fingerprint density at radius 3 is 2.25 bits per heavy atom. The van der Waals surface area contributed by atoms with Crippen molar-refractivity contribution in [3.63, 3.8) is 0 Å². The number of likely N-dealkylation sites (N-methyl/N-ethyl adjacent to an activating group) is 1. The predicted molar refractivity (Wildman–Crippen MR) is 154 cm³/mol. The minimum absolute atomic E-state index is 0.0445. The Morgan fingerprint density at radius 1 is 0.977 bits per heavy atom. The van der Waals surface area contributed by atoms with Gasteiger partial charge in [-0.1, -0.05) is 12.1 Å². The highest BCUT2D eigenvalue weighted by molar-refractivity contribution is 7.86. The first-order valence-electron chi connectivity index (χ1n) is 13.5. The van der Waals surface area contributed by atoms with E-state index < -0.39 is 32.9 Å². The van der Waals surface area contributed by atoms with Crippen molar-refractivity contribution in [1.29, 1.82) is 0 Å². The number of alkyl halides is 3. The topological polar surface area (TPSA) is 130 Å². The molecule has 2 atom stereocenters. The summed E-state index contributed by atoms with van der Waals surface area (Å²) in [6.45, 7) is 0.993. The molecule has 44 heavy (non-hydrogen) atoms. The van der Waals surface area contributed by atoms with Gasteiger partial charge in [0.25, 0.3) is 21.7 Å². The summed E-state index contributed by atoms with van der Waals surface area (Å²) in [5, 5.41) is 10.8. The van der Waals surface area contributed by atoms with Gasteiger partial charge in [0.1, 0.15) is 0 Å². The molecule has 0 aliphatic carbocycles. The van der Waals surface area contributed by atoms with Crippen LogP contribution in [0.2, 0.25) is 0 Å². The molecule has 0 spiro atoms. The largest absolute Gasteiger partial charge is 0.416 e. The third-order valence-electron chi connectivity index (χ3n) is 7.63. The monoisotopic (exact) mass is 652 g/mol. The minimum atomic E-state index is -4.43. The van der Waals surface area contributed by atoms with Crippen LogP contribution in [0, 0.1) is 10.1 Å². The summed E-state index contributed by atoms with van der Waals surface area (Å²) >= 11 is 1.17. The van der Waals surface area contributed by atoms with Gasteiger partial charge in [-0.25, -0.2) is 4.79 Å². The van der Waals surface area contributed by atoms with E-state index in [9.17, 15) is 41.3 Å². The molecule has 16 heteroatoms. The second kappa shape index (κ2) is 12.2. The van der Waals surface area contributed by atoms with E-state index in [2.05, 4.69) is 0 Å². The number of benzene rings is 2. The number of nitro benzene ring substituents is 1. The van der Waals surface area contributed by atoms with Gasteiger partial charge in [0, 0.05) is 43.7 Å². The van der Waals surface area contributed by atoms with Gasteiger partial charge in [0.15, 0.2) is 0 Å². The fourth-order valence-corrected chi connectivity index (χ4v) is 7.24. The van der Waals surface area contributed by atoms with Gasteiger partial charge in [0.2, 0.25) is 0 Å². The SMILES string of the molecule is CN(C(=O)c1ccc(-c2ccc(C(F)(F)F)cc2)s1)[C@H]1CCN(C(=O)N2CC[C@H](OS(=O)(=O)c3ccc([N+](=O)[O-])cc3)C2)C1. The normalized spacial score (nSPS) is 18.9. The van der Waals surface area contributed by atoms with E-state index in [1.165, 1.54) is 28.4 Å². The molecule has 2 aromatic carbocycles. The molecule has 234 valence electrons. The number of carbonyl (C=O) groups is 2. The molecule has 11 nitrogen and oxygen atoms in total. The zero-order valence-corrected chi connectivity index (χ0v) is 24.9. The Balaban J connectivity index is 1.14. The zero-order chi connectivity index (χ0) is 31.8. The lowest BCUT2D eigenvalue weighted by molar-refractivity contribution is -0.384. The maximum atomic E-state index is 13.2. The molecule has 0 saturated carbocycles. The molecule has 3 amide bonds. The highest BCUT2D eigenvalue weighted by Crippen LogP contribution is 2.34. The lowest BCUT2D eigenvalue weighted by Crippen LogP contribution is -2.44. The Labute approximate surface area is 254 Å². The molecule has 1 aromatic heterocycles. The third-order valence-corrected chi connectivity index (χ3v) is 10.1. The summed E-state index contributed by atoms with van der Waals surface area (Å²) in [6.07, 6.45) is -4.39. The molecular formula is C28H27F3N4O7S2. The van der Waals surface area contributed by atoms with E-state index in [0.29, 0.717) is 28.3 Å². The molecule has 0 unspecified atom stereocenters. The van der Waals surface area contributed by atoms with Gasteiger partial charge in [-0.05, 0) is 54.8 Å². The summed E-state index contributed by atoms with van der Waals surface area (Å²) < 4.78 is 69.2. The van der Waals surface area contributed by atoms with Gasteiger partial charge in [-0.15, -0.1) is 11.3 Å². The number of amides is 3. The zero-order valence-electron chi connectivity index (χ0n) is 23.3. The second-order valence-corrected chi connectivity index (χ2v) is 13.1. The van der Waals surface area contributed by atoms with Crippen molar-refractivity contribution >= 4 is 39.1 Å². The van der Waals surface area contributed by atoms with Gasteiger partial charge in [-0.2, -0.15) is 21.6 Å². The van der Waals surface area contributed by atoms with Crippen molar-refractivity contribution in [3.8, 4) is 10.4 Å². The van der Waals surface area contributed by atoms with Crippen molar-refractivity contribution in [1.82, 2.24) is 14.7 Å². The highest BCUT2D eigenvalue weighted by Gasteiger charge is 2.37. The second-order valence-electron chi connectivity index (χ2n) is 10.5. The van der Waals surface area contributed by atoms with Gasteiger partial charge < -0.3 is 14.7 Å². The van der Waals surface area contributed by atoms with E-state index in [0.717, 1.165) is 36.4 Å². The maximum absolute atomic E-state index is 13.2. The number of hydrogen-bond donors (Lipinski definition) is 0. The van der Waals surface area contributed by atoms with E-state index in [1.54, 1.807) is 29.0 Å². The number of halogens is 3. The van der Waals surface area contributed by atoms with E-state index >= 15 is 0 Å². The Hall–Kier alpha value is -4.02. The molecule has 0 radical (unpaired) electrons. The first kappa shape index (κ1) is 31.4. The van der Waals surface area contributed by atoms with Gasteiger partial charge in [0.05, 0.1) is 38.9 Å². The first-order valence-corrected chi connectivity index (χ1v) is 15.7. The average molecular weight is 653 g/mol. The van der Waals surface area contributed by atoms with Crippen LogP contribution >= 0.6 is 11.3 Å². The van der Waals surface area contributed by atoms with E-state index in [1.807, 2.05) is 0 Å². The number of hydrogen-bond acceptors (Lipinski definition) is 8. The number of nitro groups is 1. The molecule has 2 fully saturated rings. The molecule has 3 aromatic rings. The smallest absolute Gasteiger partial charge is 0.336 e. The summed E-state index contributed by atoms with van der Waals surface area (Å²) in [6, 6.07) is 11.8. The molecule has 0 bridgehead atoms. The van der Waals surface area contributed by atoms with Crippen LogP contribution in [0.4, 0.5) is 23.7 Å². The maximum Gasteiger partial charge on any atom is 0.416 e. The number of nitrogens with zero attached hydrogens (tertiary/aromatic N) is 4. The predicted octanol–water partition coefficient (Wildman–Crippen LogP) is 5.09. The van der Waals surface area contributed by atoms with Crippen LogP contribution in [-0.2, 0) is 20.5 Å². The van der Waals surface area contributed by atoms with Crippen LogP contribution in [0.5, 0.6) is 0 Å². The minimum Gasteiger partial charge on any atom is -0.336 e. The molecule has 2 aliphatic heterocycles. The van der Waals surface area contributed by atoms with Crippen LogP contribution < -0.4 is 0 Å². The Kier molecular flexibility index (Phi) is 8.68. The average Bonchev–Trinajstić information content (AvgIpc) is 3.77. The van der Waals surface area contributed by atoms with Crippen LogP contribution in [0.1, 0.15) is 28.1 Å². The summed E-state index contributed by atoms with van der Waals surface area (Å²) in [7, 11) is -2.56. The van der Waals surface area contributed by atoms with Crippen molar-refractivity contribution in [2.75, 3.05) is 33.2 Å². The fourth-order valence-electron chi connectivity index (χ4n) is 5.15. The summed E-state index contributed by atoms with van der Waals surface area (Å²) in [5.74, 6) is -0.265. The molecule has 3 heterocycles. The number of non-ortho nitro benzene ring substituents is 1. The molecular weight excluding hydrogens is 625 g/mol. The van der Waals surface area contributed by atoms with Gasteiger partial charge in [-0.3, -0.25) is 19.1 Å². The standard InChI is InChI=1S/C28H27F3N4O7S2/c1-32(26(36)25-11-10-24(43-25)18-2-4-19(5-3-18)28(29,30)31)21-12-14-33(16-21)27(37)34-15-13-22(17-34)42-44(40,41)23-8-6-20(7-9-23)35(38)39/h2-11,21-22H,12-17H2,1H3/t21-,22-/m0/s1. The van der Waals surface area contributed by atoms with Crippen LogP contribution in [-0.4, -0.2) is 85.4 Å². The third kappa shape index (κ3) is 6.71. The fraction of sp³-hybridized carbons (Fsp3) is 0.357. The summed E-state index contributed by atoms with van der Waals surface area (Å²) in [5.41, 5.74) is -0.439. The molecule has 2 saturated heterocycles. The van der Waals surface area contributed by atoms with Crippen LogP contribution in [0.25, 0.3) is 10.4 Å². The van der Waals surface area contributed by atoms with Crippen molar-refractivity contribution < 1.29 is 40.3 Å². The van der Waals surface area contributed by atoms with E-state index in [4.69, 9.17) is 4.18 Å². The highest BCUT2D eigenvalue weighted by atomic mass is 32.2. The van der Waals surface area contributed by atoms with E-state index in [-0.39, 0.29) is 54.6 Å². The number of likely N-dealkylation sites (tertiary alicyclic amines) is 2. The number of thiophene rings is 1. The van der Waals surface area contributed by atoms with Crippen LogP contribution in [0.3, 0.4) is 0 Å². The molecule has 5 rings (SSSR count). The molecule has 0 N–H and O–H groups in total. The van der Waals surface area contributed by atoms with Crippen molar-refractivity contribution in [3.05, 3.63) is 81.2 Å². The summed E-state index contributed by atoms with van der Waals surface area (Å²) in [4.78, 5) is 42.1. The quantitative estimate of drug-likeness (QED) is 0.198. The van der Waals surface area contributed by atoms with Crippen molar-refractivity contribution in [2.24, 2.45) is 0 Å². The Bertz CT molecular complexity index is 1660. The first-order chi connectivity index (χ1) is 20.7. The lowest BCUT2D eigenvalue weighted by atomic mass is 10.1. The Morgan fingerprint density at radius 2 is 1.61 bits per heavy atom. The number of rotatable bonds is 7. The van der Waals surface area contributed by atoms with Crippen molar-refractivity contribution in [2.45, 2.75) is 36.1 Å². The van der Waals surface area contributed by atoms with Crippen LogP contribution in [0.15, 0.2) is 65.6 Å². The lowest BCUT2D eigenvalue weighted by Gasteiger charge is -2.27. The number of carbonyl (C=O) groups excluding carboxylic acids is 2.